The first-order valence-corrected chi connectivity index (χ1v) is 6.73. The summed E-state index contributed by atoms with van der Waals surface area (Å²) >= 11 is 8.66. The Labute approximate surface area is 108 Å². The summed E-state index contributed by atoms with van der Waals surface area (Å²) in [5, 5.41) is 8.27. The van der Waals surface area contributed by atoms with E-state index in [1.165, 1.54) is 0 Å². The van der Waals surface area contributed by atoms with E-state index < -0.39 is 12.0 Å². The summed E-state index contributed by atoms with van der Waals surface area (Å²) in [6.45, 7) is 0. The molecule has 14 heavy (non-hydrogen) atoms. The molecule has 0 aliphatic carbocycles. The molecule has 0 aromatic rings. The number of carbonyl (C=O) groups is 1. The molecule has 0 aromatic carbocycles. The highest BCUT2D eigenvalue weighted by Gasteiger charge is 2.08. The minimum Gasteiger partial charge on any atom is -0.480 e. The summed E-state index contributed by atoms with van der Waals surface area (Å²) in [4.78, 5) is 10.1. The molecule has 0 heterocycles. The molecule has 3 N–H and O–H groups in total. The summed E-state index contributed by atoms with van der Waals surface area (Å²) in [6.07, 6.45) is 5.87. The maximum atomic E-state index is 10.1. The maximum absolute atomic E-state index is 10.1. The third kappa shape index (κ3) is 23.0. The summed E-state index contributed by atoms with van der Waals surface area (Å²) in [5.41, 5.74) is 5.19. The highest BCUT2D eigenvalue weighted by molar-refractivity contribution is 7.98. The molecule has 0 rings (SSSR count). The molecule has 0 aliphatic heterocycles. The van der Waals surface area contributed by atoms with Crippen molar-refractivity contribution < 1.29 is 9.90 Å². The van der Waals surface area contributed by atoms with Gasteiger partial charge in [0.15, 0.2) is 0 Å². The highest BCUT2D eigenvalue weighted by Crippen LogP contribution is 1.97. The molecule has 90 valence electrons. The third-order valence-electron chi connectivity index (χ3n) is 0.950. The first-order chi connectivity index (χ1) is 6.18. The van der Waals surface area contributed by atoms with Gasteiger partial charge in [-0.3, -0.25) is 4.79 Å². The summed E-state index contributed by atoms with van der Waals surface area (Å²) < 4.78 is 0. The number of thiol groups is 2. The number of halogens is 1. The Kier molecular flexibility index (Phi) is 40.6. The van der Waals surface area contributed by atoms with Crippen LogP contribution < -0.4 is 5.73 Å². The Morgan fingerprint density at radius 2 is 1.79 bits per heavy atom. The van der Waals surface area contributed by atoms with Gasteiger partial charge in [0.1, 0.15) is 6.04 Å². The van der Waals surface area contributed by atoms with Gasteiger partial charge in [-0.2, -0.15) is 37.0 Å². The van der Waals surface area contributed by atoms with Crippen LogP contribution in [-0.2, 0) is 4.79 Å². The van der Waals surface area contributed by atoms with Crippen LogP contribution in [0.25, 0.3) is 0 Å². The first kappa shape index (κ1) is 24.1. The average molecular weight is 282 g/mol. The lowest BCUT2D eigenvalue weighted by Gasteiger charge is -2.02. The Hall–Kier alpha value is 0.770. The monoisotopic (exact) mass is 281 g/mol. The number of aliphatic carboxylic acids is 1. The molecular weight excluding hydrogens is 262 g/mol. The topological polar surface area (TPSA) is 63.3 Å². The van der Waals surface area contributed by atoms with Gasteiger partial charge in [-0.1, -0.05) is 0 Å². The van der Waals surface area contributed by atoms with Gasteiger partial charge in [0.05, 0.1) is 0 Å². The van der Waals surface area contributed by atoms with Crippen LogP contribution in [0.1, 0.15) is 6.42 Å². The molecule has 0 unspecified atom stereocenters. The van der Waals surface area contributed by atoms with Crippen molar-refractivity contribution in [3.63, 3.8) is 0 Å². The Morgan fingerprint density at radius 1 is 1.43 bits per heavy atom. The molecule has 0 fully saturated rings. The van der Waals surface area contributed by atoms with Gasteiger partial charge in [-0.15, -0.1) is 12.4 Å². The predicted octanol–water partition coefficient (Wildman–Crippen LogP) is 1.67. The lowest BCUT2D eigenvalue weighted by atomic mass is 10.2. The highest BCUT2D eigenvalue weighted by atomic mass is 35.5. The molecule has 0 saturated heterocycles. The molecule has 7 heteroatoms. The standard InChI is InChI=1S/C5H11NO2S.2CH4S.ClH/c1-9-3-2-4(6)5(7)8;2*1-2;/h4H,2-3,6H2,1H3,(H,7,8);2*2H,1H3;1H/t4-;;;/m1.../s1. The third-order valence-corrected chi connectivity index (χ3v) is 1.59. The van der Waals surface area contributed by atoms with Gasteiger partial charge in [-0.05, 0) is 30.9 Å². The van der Waals surface area contributed by atoms with Crippen molar-refractivity contribution in [2.24, 2.45) is 5.73 Å². The summed E-state index contributed by atoms with van der Waals surface area (Å²) in [7, 11) is 0. The van der Waals surface area contributed by atoms with E-state index in [9.17, 15) is 4.79 Å². The number of carboxylic acids is 1. The molecule has 0 radical (unpaired) electrons. The van der Waals surface area contributed by atoms with Crippen molar-refractivity contribution in [2.75, 3.05) is 24.5 Å². The van der Waals surface area contributed by atoms with E-state index in [1.807, 2.05) is 6.26 Å². The molecule has 0 aliphatic rings. The molecule has 0 aromatic heterocycles. The Bertz CT molecular complexity index is 109. The predicted molar refractivity (Wildman–Crippen MR) is 75.7 cm³/mol. The van der Waals surface area contributed by atoms with E-state index in [2.05, 4.69) is 25.3 Å². The smallest absolute Gasteiger partial charge is 0.320 e. The lowest BCUT2D eigenvalue weighted by Crippen LogP contribution is -2.30. The zero-order chi connectivity index (χ0) is 11.3. The molecule has 3 nitrogen and oxygen atoms in total. The van der Waals surface area contributed by atoms with Crippen molar-refractivity contribution in [3.8, 4) is 0 Å². The van der Waals surface area contributed by atoms with Crippen LogP contribution in [0.4, 0.5) is 0 Å². The van der Waals surface area contributed by atoms with Crippen LogP contribution in [0.3, 0.4) is 0 Å². The summed E-state index contributed by atoms with van der Waals surface area (Å²) in [6, 6.07) is -0.683. The second kappa shape index (κ2) is 23.5. The molecule has 1 atom stereocenters. The van der Waals surface area contributed by atoms with Gasteiger partial charge in [0, 0.05) is 0 Å². The van der Waals surface area contributed by atoms with E-state index in [0.717, 1.165) is 5.75 Å². The number of carboxylic acid groups (broad SMARTS) is 1. The summed E-state index contributed by atoms with van der Waals surface area (Å²) in [5.74, 6) is -0.1000. The van der Waals surface area contributed by atoms with Crippen LogP contribution in [-0.4, -0.2) is 41.6 Å². The first-order valence-electron chi connectivity index (χ1n) is 3.55. The number of hydrogen-bond donors (Lipinski definition) is 4. The number of rotatable bonds is 4. The van der Waals surface area contributed by atoms with Gasteiger partial charge in [-0.25, -0.2) is 0 Å². The van der Waals surface area contributed by atoms with E-state index in [-0.39, 0.29) is 12.4 Å². The minimum absolute atomic E-state index is 0. The zero-order valence-corrected chi connectivity index (χ0v) is 12.1. The van der Waals surface area contributed by atoms with Crippen molar-refractivity contribution >= 4 is 55.4 Å². The fourth-order valence-corrected chi connectivity index (χ4v) is 0.858. The maximum Gasteiger partial charge on any atom is 0.320 e. The zero-order valence-electron chi connectivity index (χ0n) is 8.64. The van der Waals surface area contributed by atoms with E-state index in [4.69, 9.17) is 10.8 Å². The largest absolute Gasteiger partial charge is 0.480 e. The van der Waals surface area contributed by atoms with Crippen LogP contribution in [0.5, 0.6) is 0 Å². The number of nitrogens with two attached hydrogens (primary N) is 1. The van der Waals surface area contributed by atoms with E-state index in [0.29, 0.717) is 6.42 Å². The molecule has 0 spiro atoms. The second-order valence-corrected chi connectivity index (χ2v) is 2.71. The van der Waals surface area contributed by atoms with Crippen molar-refractivity contribution in [1.29, 1.82) is 0 Å². The normalized spacial score (nSPS) is 9.29. The minimum atomic E-state index is -0.913. The Balaban J connectivity index is -0.0000000883. The molecule has 0 amide bonds. The lowest BCUT2D eigenvalue weighted by molar-refractivity contribution is -0.138. The van der Waals surface area contributed by atoms with Crippen molar-refractivity contribution in [1.82, 2.24) is 0 Å². The number of hydrogen-bond acceptors (Lipinski definition) is 5. The van der Waals surface area contributed by atoms with Crippen LogP contribution >= 0.6 is 49.4 Å². The fourth-order valence-electron chi connectivity index (χ4n) is 0.368. The number of thioether (sulfide) groups is 1. The Morgan fingerprint density at radius 3 is 2.00 bits per heavy atom. The van der Waals surface area contributed by atoms with Crippen LogP contribution in [0, 0.1) is 0 Å². The van der Waals surface area contributed by atoms with Gasteiger partial charge < -0.3 is 10.8 Å². The average Bonchev–Trinajstić information content (AvgIpc) is 2.20. The van der Waals surface area contributed by atoms with E-state index >= 15 is 0 Å². The molecule has 0 bridgehead atoms. The van der Waals surface area contributed by atoms with Crippen LogP contribution in [0.2, 0.25) is 0 Å². The van der Waals surface area contributed by atoms with Gasteiger partial charge >= 0.3 is 5.97 Å². The van der Waals surface area contributed by atoms with Crippen LogP contribution in [0.15, 0.2) is 0 Å². The van der Waals surface area contributed by atoms with E-state index in [1.54, 1.807) is 24.3 Å². The molecular formula is C7H20ClNO2S3. The van der Waals surface area contributed by atoms with Gasteiger partial charge in [0.2, 0.25) is 0 Å². The SMILES string of the molecule is CS.CS.CSCC[C@@H](N)C(=O)O.Cl. The quantitative estimate of drug-likeness (QED) is 0.592. The van der Waals surface area contributed by atoms with Gasteiger partial charge in [0.25, 0.3) is 0 Å². The second-order valence-electron chi connectivity index (χ2n) is 1.73. The van der Waals surface area contributed by atoms with Crippen molar-refractivity contribution in [2.45, 2.75) is 12.5 Å². The molecule has 0 saturated carbocycles. The fraction of sp³-hybridized carbons (Fsp3) is 0.857. The van der Waals surface area contributed by atoms with Crippen molar-refractivity contribution in [3.05, 3.63) is 0 Å².